The van der Waals surface area contributed by atoms with Crippen LogP contribution in [0.15, 0.2) is 11.6 Å². The van der Waals surface area contributed by atoms with Crippen molar-refractivity contribution in [3.05, 3.63) is 16.6 Å². The second kappa shape index (κ2) is 3.87. The Kier molecular flexibility index (Phi) is 2.59. The van der Waals surface area contributed by atoms with Crippen LogP contribution < -0.4 is 0 Å². The van der Waals surface area contributed by atoms with Crippen molar-refractivity contribution in [2.45, 2.75) is 25.3 Å². The zero-order valence-corrected chi connectivity index (χ0v) is 8.17. The fourth-order valence-electron chi connectivity index (χ4n) is 1.74. The third-order valence-electron chi connectivity index (χ3n) is 2.42. The van der Waals surface area contributed by atoms with Gasteiger partial charge in [0.25, 0.3) is 0 Å². The van der Waals surface area contributed by atoms with E-state index in [0.717, 1.165) is 30.8 Å². The summed E-state index contributed by atoms with van der Waals surface area (Å²) in [4.78, 5) is 16.9. The molecule has 0 spiro atoms. The van der Waals surface area contributed by atoms with E-state index >= 15 is 0 Å². The molecule has 2 rings (SSSR count). The molecule has 1 amide bonds. The molecule has 0 N–H and O–H groups in total. The minimum absolute atomic E-state index is 0.242. The Hall–Kier alpha value is -0.900. The van der Waals surface area contributed by atoms with Crippen LogP contribution in [-0.4, -0.2) is 22.8 Å². The van der Waals surface area contributed by atoms with Crippen LogP contribution in [0, 0.1) is 0 Å². The lowest BCUT2D eigenvalue weighted by atomic mass is 10.0. The molecule has 0 saturated carbocycles. The number of nitrogens with zero attached hydrogens (tertiary/aromatic N) is 2. The average molecular weight is 196 g/mol. The largest absolute Gasteiger partial charge is 0.336 e. The number of rotatable bonds is 2. The van der Waals surface area contributed by atoms with Crippen molar-refractivity contribution in [2.24, 2.45) is 0 Å². The molecule has 1 fully saturated rings. The molecule has 1 unspecified atom stereocenters. The highest BCUT2D eigenvalue weighted by atomic mass is 32.1. The molecule has 0 radical (unpaired) electrons. The van der Waals surface area contributed by atoms with Crippen LogP contribution >= 0.6 is 11.3 Å². The molecule has 0 aromatic carbocycles. The summed E-state index contributed by atoms with van der Waals surface area (Å²) in [5, 5.41) is 3.04. The van der Waals surface area contributed by atoms with E-state index in [1.165, 1.54) is 6.42 Å². The van der Waals surface area contributed by atoms with Crippen molar-refractivity contribution in [1.82, 2.24) is 9.88 Å². The van der Waals surface area contributed by atoms with E-state index in [4.69, 9.17) is 0 Å². The number of thiazole rings is 1. The molecule has 1 atom stereocenters. The lowest BCUT2D eigenvalue weighted by Crippen LogP contribution is -2.31. The molecule has 4 heteroatoms. The highest BCUT2D eigenvalue weighted by molar-refractivity contribution is 7.09. The van der Waals surface area contributed by atoms with Crippen LogP contribution in [-0.2, 0) is 4.79 Å². The van der Waals surface area contributed by atoms with E-state index in [1.807, 2.05) is 10.3 Å². The van der Waals surface area contributed by atoms with Crippen LogP contribution in [0.2, 0.25) is 0 Å². The first-order valence-electron chi connectivity index (χ1n) is 4.52. The molecule has 70 valence electrons. The normalized spacial score (nSPS) is 23.1. The number of likely N-dealkylation sites (tertiary alicyclic amines) is 1. The van der Waals surface area contributed by atoms with Gasteiger partial charge in [-0.05, 0) is 19.3 Å². The molecule has 1 aromatic rings. The Morgan fingerprint density at radius 1 is 1.62 bits per heavy atom. The van der Waals surface area contributed by atoms with Crippen LogP contribution in [0.3, 0.4) is 0 Å². The van der Waals surface area contributed by atoms with Crippen LogP contribution in [0.1, 0.15) is 30.3 Å². The summed E-state index contributed by atoms with van der Waals surface area (Å²) >= 11 is 1.64. The van der Waals surface area contributed by atoms with Crippen molar-refractivity contribution in [2.75, 3.05) is 6.54 Å². The van der Waals surface area contributed by atoms with Gasteiger partial charge in [-0.3, -0.25) is 4.79 Å². The van der Waals surface area contributed by atoms with Gasteiger partial charge in [-0.25, -0.2) is 4.98 Å². The van der Waals surface area contributed by atoms with Gasteiger partial charge in [-0.15, -0.1) is 11.3 Å². The monoisotopic (exact) mass is 196 g/mol. The Labute approximate surface area is 81.4 Å². The Morgan fingerprint density at radius 3 is 3.23 bits per heavy atom. The van der Waals surface area contributed by atoms with E-state index < -0.39 is 0 Å². The Morgan fingerprint density at radius 2 is 2.54 bits per heavy atom. The molecule has 1 aliphatic rings. The molecule has 1 aliphatic heterocycles. The van der Waals surface area contributed by atoms with E-state index in [2.05, 4.69) is 4.98 Å². The van der Waals surface area contributed by atoms with Gasteiger partial charge in [0, 0.05) is 18.1 Å². The lowest BCUT2D eigenvalue weighted by Gasteiger charge is -2.30. The van der Waals surface area contributed by atoms with Crippen LogP contribution in [0.4, 0.5) is 0 Å². The van der Waals surface area contributed by atoms with Gasteiger partial charge >= 0.3 is 0 Å². The number of amides is 1. The maximum absolute atomic E-state index is 10.8. The smallest absolute Gasteiger partial charge is 0.210 e. The molecule has 1 aromatic heterocycles. The predicted molar refractivity (Wildman–Crippen MR) is 51.5 cm³/mol. The van der Waals surface area contributed by atoms with E-state index in [-0.39, 0.29) is 6.04 Å². The lowest BCUT2D eigenvalue weighted by molar-refractivity contribution is -0.121. The summed E-state index contributed by atoms with van der Waals surface area (Å²) in [5.41, 5.74) is 0. The van der Waals surface area contributed by atoms with Crippen molar-refractivity contribution >= 4 is 17.7 Å². The molecule has 3 nitrogen and oxygen atoms in total. The summed E-state index contributed by atoms with van der Waals surface area (Å²) < 4.78 is 0. The quantitative estimate of drug-likeness (QED) is 0.676. The summed E-state index contributed by atoms with van der Waals surface area (Å²) in [6.45, 7) is 0.883. The van der Waals surface area contributed by atoms with Crippen molar-refractivity contribution in [3.8, 4) is 0 Å². The molecular formula is C9H12N2OS. The summed E-state index contributed by atoms with van der Waals surface area (Å²) in [6, 6.07) is 0.242. The van der Waals surface area contributed by atoms with Crippen molar-refractivity contribution in [1.29, 1.82) is 0 Å². The first kappa shape index (κ1) is 8.69. The molecular weight excluding hydrogens is 184 g/mol. The number of hydrogen-bond donors (Lipinski definition) is 0. The molecule has 0 aliphatic carbocycles. The number of carbonyl (C=O) groups is 1. The zero-order valence-electron chi connectivity index (χ0n) is 7.35. The first-order chi connectivity index (χ1) is 6.42. The van der Waals surface area contributed by atoms with Gasteiger partial charge < -0.3 is 4.90 Å². The van der Waals surface area contributed by atoms with E-state index in [0.29, 0.717) is 0 Å². The second-order valence-corrected chi connectivity index (χ2v) is 4.15. The summed E-state index contributed by atoms with van der Waals surface area (Å²) in [7, 11) is 0. The summed E-state index contributed by atoms with van der Waals surface area (Å²) in [5.74, 6) is 0. The SMILES string of the molecule is O=CN1CCCCC1c1nccs1. The van der Waals surface area contributed by atoms with Crippen molar-refractivity contribution < 1.29 is 4.79 Å². The fourth-order valence-corrected chi connectivity index (χ4v) is 2.54. The maximum atomic E-state index is 10.8. The molecule has 13 heavy (non-hydrogen) atoms. The minimum Gasteiger partial charge on any atom is -0.336 e. The number of carbonyl (C=O) groups excluding carboxylic acids is 1. The topological polar surface area (TPSA) is 33.2 Å². The first-order valence-corrected chi connectivity index (χ1v) is 5.40. The fraction of sp³-hybridized carbons (Fsp3) is 0.556. The van der Waals surface area contributed by atoms with Gasteiger partial charge in [-0.1, -0.05) is 0 Å². The summed E-state index contributed by atoms with van der Waals surface area (Å²) in [6.07, 6.45) is 6.14. The van der Waals surface area contributed by atoms with Gasteiger partial charge in [0.15, 0.2) is 0 Å². The number of piperidine rings is 1. The van der Waals surface area contributed by atoms with Gasteiger partial charge in [0.2, 0.25) is 6.41 Å². The number of hydrogen-bond acceptors (Lipinski definition) is 3. The third-order valence-corrected chi connectivity index (χ3v) is 3.29. The highest BCUT2D eigenvalue weighted by Gasteiger charge is 2.23. The average Bonchev–Trinajstić information content (AvgIpc) is 2.70. The standard InChI is InChI=1S/C9H12N2OS/c12-7-11-5-2-1-3-8(11)9-10-4-6-13-9/h4,6-8H,1-3,5H2. The van der Waals surface area contributed by atoms with Gasteiger partial charge in [0.05, 0.1) is 6.04 Å². The second-order valence-electron chi connectivity index (χ2n) is 3.23. The minimum atomic E-state index is 0.242. The van der Waals surface area contributed by atoms with Crippen LogP contribution in [0.25, 0.3) is 0 Å². The van der Waals surface area contributed by atoms with Gasteiger partial charge in [0.1, 0.15) is 5.01 Å². The molecule has 0 bridgehead atoms. The predicted octanol–water partition coefficient (Wildman–Crippen LogP) is 1.83. The third kappa shape index (κ3) is 1.72. The Bertz CT molecular complexity index is 273. The highest BCUT2D eigenvalue weighted by Crippen LogP contribution is 2.30. The zero-order chi connectivity index (χ0) is 9.10. The molecule has 1 saturated heterocycles. The van der Waals surface area contributed by atoms with E-state index in [1.54, 1.807) is 17.5 Å². The van der Waals surface area contributed by atoms with Crippen LogP contribution in [0.5, 0.6) is 0 Å². The maximum Gasteiger partial charge on any atom is 0.210 e. The van der Waals surface area contributed by atoms with E-state index in [9.17, 15) is 4.79 Å². The molecule has 2 heterocycles. The number of aromatic nitrogens is 1. The van der Waals surface area contributed by atoms with Gasteiger partial charge in [-0.2, -0.15) is 0 Å². The van der Waals surface area contributed by atoms with Crippen molar-refractivity contribution in [3.63, 3.8) is 0 Å². The Balaban J connectivity index is 2.15.